The van der Waals surface area contributed by atoms with Crippen LogP contribution >= 0.6 is 0 Å². The summed E-state index contributed by atoms with van der Waals surface area (Å²) in [5.74, 6) is -2.48. The van der Waals surface area contributed by atoms with Crippen molar-refractivity contribution in [2.45, 2.75) is 26.7 Å². The molecular weight excluding hydrogens is 310 g/mol. The summed E-state index contributed by atoms with van der Waals surface area (Å²) >= 11 is 0. The zero-order valence-corrected chi connectivity index (χ0v) is 14.0. The molecule has 2 rings (SSSR count). The van der Waals surface area contributed by atoms with E-state index in [-0.39, 0.29) is 5.56 Å². The third-order valence-corrected chi connectivity index (χ3v) is 3.66. The van der Waals surface area contributed by atoms with Gasteiger partial charge in [0.15, 0.2) is 11.6 Å². The van der Waals surface area contributed by atoms with Crippen molar-refractivity contribution in [2.24, 2.45) is 0 Å². The molecule has 24 heavy (non-hydrogen) atoms. The molecule has 128 valence electrons. The van der Waals surface area contributed by atoms with Crippen LogP contribution in [0.4, 0.5) is 20.2 Å². The Bertz CT molecular complexity index is 680. The largest absolute Gasteiger partial charge is 0.372 e. The van der Waals surface area contributed by atoms with Crippen LogP contribution in [0.3, 0.4) is 0 Å². The zero-order chi connectivity index (χ0) is 17.5. The lowest BCUT2D eigenvalue weighted by Gasteiger charge is -2.24. The van der Waals surface area contributed by atoms with Gasteiger partial charge in [0.25, 0.3) is 5.91 Å². The molecule has 0 atom stereocenters. The van der Waals surface area contributed by atoms with Crippen molar-refractivity contribution < 1.29 is 13.6 Å². The fraction of sp³-hybridized carbons (Fsp3) is 0.316. The Morgan fingerprint density at radius 1 is 0.958 bits per heavy atom. The van der Waals surface area contributed by atoms with Gasteiger partial charge in [-0.05, 0) is 55.3 Å². The molecule has 5 heteroatoms. The van der Waals surface area contributed by atoms with Crippen molar-refractivity contribution in [1.29, 1.82) is 0 Å². The highest BCUT2D eigenvalue weighted by atomic mass is 19.2. The molecule has 0 aliphatic heterocycles. The molecule has 0 radical (unpaired) electrons. The predicted molar refractivity (Wildman–Crippen MR) is 93.5 cm³/mol. The van der Waals surface area contributed by atoms with E-state index in [2.05, 4.69) is 24.1 Å². The summed E-state index contributed by atoms with van der Waals surface area (Å²) in [5.41, 5.74) is 1.79. The van der Waals surface area contributed by atoms with Crippen molar-refractivity contribution in [3.05, 3.63) is 59.7 Å². The molecular formula is C19H22F2N2O. The van der Waals surface area contributed by atoms with Gasteiger partial charge in [-0.1, -0.05) is 13.8 Å². The number of nitrogens with zero attached hydrogens (tertiary/aromatic N) is 1. The average Bonchev–Trinajstić information content (AvgIpc) is 2.58. The SMILES string of the molecule is CCCN(CCC)c1ccc(NC(=O)c2ccc(F)c(F)c2)cc1. The van der Waals surface area contributed by atoms with Crippen LogP contribution in [0, 0.1) is 11.6 Å². The molecule has 0 aliphatic carbocycles. The van der Waals surface area contributed by atoms with Gasteiger partial charge < -0.3 is 10.2 Å². The van der Waals surface area contributed by atoms with Gasteiger partial charge in [0.05, 0.1) is 0 Å². The molecule has 1 amide bonds. The minimum absolute atomic E-state index is 0.0802. The highest BCUT2D eigenvalue weighted by Crippen LogP contribution is 2.19. The fourth-order valence-electron chi connectivity index (χ4n) is 2.51. The van der Waals surface area contributed by atoms with E-state index in [0.29, 0.717) is 5.69 Å². The summed E-state index contributed by atoms with van der Waals surface area (Å²) in [7, 11) is 0. The quantitative estimate of drug-likeness (QED) is 0.786. The lowest BCUT2D eigenvalue weighted by molar-refractivity contribution is 0.102. The van der Waals surface area contributed by atoms with Crippen LogP contribution in [0.15, 0.2) is 42.5 Å². The molecule has 1 N–H and O–H groups in total. The smallest absolute Gasteiger partial charge is 0.255 e. The minimum Gasteiger partial charge on any atom is -0.372 e. The van der Waals surface area contributed by atoms with Gasteiger partial charge in [0.2, 0.25) is 0 Å². The Labute approximate surface area is 141 Å². The second-order valence-electron chi connectivity index (χ2n) is 5.62. The van der Waals surface area contributed by atoms with E-state index in [1.54, 1.807) is 0 Å². The van der Waals surface area contributed by atoms with E-state index in [1.807, 2.05) is 24.3 Å². The topological polar surface area (TPSA) is 32.3 Å². The highest BCUT2D eigenvalue weighted by molar-refractivity contribution is 6.04. The summed E-state index contributed by atoms with van der Waals surface area (Å²) in [5, 5.41) is 2.69. The number of carbonyl (C=O) groups is 1. The van der Waals surface area contributed by atoms with E-state index in [9.17, 15) is 13.6 Å². The van der Waals surface area contributed by atoms with Crippen molar-refractivity contribution >= 4 is 17.3 Å². The van der Waals surface area contributed by atoms with Crippen molar-refractivity contribution in [3.63, 3.8) is 0 Å². The van der Waals surface area contributed by atoms with Gasteiger partial charge in [-0.3, -0.25) is 4.79 Å². The summed E-state index contributed by atoms with van der Waals surface area (Å²) in [6.07, 6.45) is 2.13. The van der Waals surface area contributed by atoms with Gasteiger partial charge in [0.1, 0.15) is 0 Å². The number of nitrogens with one attached hydrogen (secondary N) is 1. The number of hydrogen-bond acceptors (Lipinski definition) is 2. The summed E-state index contributed by atoms with van der Waals surface area (Å²) < 4.78 is 26.1. The van der Waals surface area contributed by atoms with Crippen LogP contribution in [-0.4, -0.2) is 19.0 Å². The Morgan fingerprint density at radius 3 is 2.12 bits per heavy atom. The van der Waals surface area contributed by atoms with Gasteiger partial charge in [-0.15, -0.1) is 0 Å². The first-order valence-electron chi connectivity index (χ1n) is 8.16. The van der Waals surface area contributed by atoms with Crippen molar-refractivity contribution in [2.75, 3.05) is 23.3 Å². The molecule has 3 nitrogen and oxygen atoms in total. The van der Waals surface area contributed by atoms with E-state index >= 15 is 0 Å². The number of benzene rings is 2. The Hall–Kier alpha value is -2.43. The maximum absolute atomic E-state index is 13.2. The summed E-state index contributed by atoms with van der Waals surface area (Å²) in [6.45, 7) is 6.24. The minimum atomic E-state index is -1.03. The van der Waals surface area contributed by atoms with Crippen LogP contribution in [-0.2, 0) is 0 Å². The molecule has 0 saturated carbocycles. The van der Waals surface area contributed by atoms with Crippen LogP contribution < -0.4 is 10.2 Å². The van der Waals surface area contributed by atoms with Gasteiger partial charge in [-0.25, -0.2) is 8.78 Å². The molecule has 0 heterocycles. The standard InChI is InChI=1S/C19H22F2N2O/c1-3-11-23(12-4-2)16-8-6-15(7-9-16)22-19(24)14-5-10-17(20)18(21)13-14/h5-10,13H,3-4,11-12H2,1-2H3,(H,22,24). The maximum atomic E-state index is 13.2. The van der Waals surface area contributed by atoms with E-state index in [0.717, 1.165) is 43.8 Å². The number of anilines is 2. The Balaban J connectivity index is 2.07. The molecule has 0 bridgehead atoms. The third kappa shape index (κ3) is 4.54. The first-order valence-corrected chi connectivity index (χ1v) is 8.16. The van der Waals surface area contributed by atoms with Crippen LogP contribution in [0.2, 0.25) is 0 Å². The van der Waals surface area contributed by atoms with E-state index < -0.39 is 17.5 Å². The maximum Gasteiger partial charge on any atom is 0.255 e. The van der Waals surface area contributed by atoms with Crippen LogP contribution in [0.5, 0.6) is 0 Å². The summed E-state index contributed by atoms with van der Waals surface area (Å²) in [4.78, 5) is 14.4. The van der Waals surface area contributed by atoms with Gasteiger partial charge in [-0.2, -0.15) is 0 Å². The van der Waals surface area contributed by atoms with Gasteiger partial charge >= 0.3 is 0 Å². The predicted octanol–water partition coefficient (Wildman–Crippen LogP) is 4.84. The first kappa shape index (κ1) is 17.9. The van der Waals surface area contributed by atoms with Crippen molar-refractivity contribution in [3.8, 4) is 0 Å². The number of hydrogen-bond donors (Lipinski definition) is 1. The third-order valence-electron chi connectivity index (χ3n) is 3.66. The number of halogens is 2. The number of amides is 1. The van der Waals surface area contributed by atoms with Crippen LogP contribution in [0.1, 0.15) is 37.0 Å². The molecule has 0 spiro atoms. The molecule has 0 aliphatic rings. The van der Waals surface area contributed by atoms with Crippen molar-refractivity contribution in [1.82, 2.24) is 0 Å². The average molecular weight is 332 g/mol. The molecule has 0 fully saturated rings. The molecule has 2 aromatic carbocycles. The molecule has 0 saturated heterocycles. The molecule has 0 unspecified atom stereocenters. The second-order valence-corrected chi connectivity index (χ2v) is 5.62. The lowest BCUT2D eigenvalue weighted by atomic mass is 10.2. The zero-order valence-electron chi connectivity index (χ0n) is 14.0. The second kappa shape index (κ2) is 8.43. The van der Waals surface area contributed by atoms with Gasteiger partial charge in [0, 0.05) is 30.0 Å². The normalized spacial score (nSPS) is 10.5. The fourth-order valence-corrected chi connectivity index (χ4v) is 2.51. The molecule has 0 aromatic heterocycles. The van der Waals surface area contributed by atoms with E-state index in [4.69, 9.17) is 0 Å². The number of rotatable bonds is 7. The summed E-state index contributed by atoms with van der Waals surface area (Å²) in [6, 6.07) is 10.6. The Morgan fingerprint density at radius 2 is 1.58 bits per heavy atom. The Kier molecular flexibility index (Phi) is 6.29. The molecule has 2 aromatic rings. The first-order chi connectivity index (χ1) is 11.5. The monoisotopic (exact) mass is 332 g/mol. The lowest BCUT2D eigenvalue weighted by Crippen LogP contribution is -2.24. The van der Waals surface area contributed by atoms with Crippen LogP contribution in [0.25, 0.3) is 0 Å². The number of carbonyl (C=O) groups excluding carboxylic acids is 1. The van der Waals surface area contributed by atoms with E-state index in [1.165, 1.54) is 6.07 Å². The highest BCUT2D eigenvalue weighted by Gasteiger charge is 2.10.